The van der Waals surface area contributed by atoms with Gasteiger partial charge in [-0.2, -0.15) is 14.4 Å². The van der Waals surface area contributed by atoms with E-state index in [1.165, 1.54) is 0 Å². The highest BCUT2D eigenvalue weighted by atomic mass is 127. The van der Waals surface area contributed by atoms with E-state index in [0.29, 0.717) is 29.9 Å². The minimum absolute atomic E-state index is 0.0289. The van der Waals surface area contributed by atoms with Crippen molar-refractivity contribution in [3.63, 3.8) is 0 Å². The number of aryl methyl sites for hydroxylation is 1. The summed E-state index contributed by atoms with van der Waals surface area (Å²) >= 11 is 2.27. The van der Waals surface area contributed by atoms with E-state index < -0.39 is 6.08 Å². The summed E-state index contributed by atoms with van der Waals surface area (Å²) < 4.78 is 27.8. The second kappa shape index (κ2) is 8.14. The lowest BCUT2D eigenvalue weighted by molar-refractivity contribution is 0.174. The molecule has 0 aliphatic carbocycles. The Hall–Kier alpha value is -2.21. The van der Waals surface area contributed by atoms with Crippen molar-refractivity contribution in [2.75, 3.05) is 19.1 Å². The first kappa shape index (κ1) is 21.0. The van der Waals surface area contributed by atoms with Crippen molar-refractivity contribution in [2.24, 2.45) is 0 Å². The van der Waals surface area contributed by atoms with Gasteiger partial charge in [-0.15, -0.1) is 0 Å². The maximum atomic E-state index is 13.9. The van der Waals surface area contributed by atoms with Crippen LogP contribution in [-0.4, -0.2) is 38.4 Å². The molecule has 3 aromatic rings. The topological polar surface area (TPSA) is 100 Å². The van der Waals surface area contributed by atoms with E-state index in [4.69, 9.17) is 15.2 Å². The van der Waals surface area contributed by atoms with Crippen molar-refractivity contribution in [3.05, 3.63) is 33.2 Å². The molecule has 0 saturated carbocycles. The number of nitrogen functional groups attached to an aromatic ring is 1. The Balaban J connectivity index is 1.67. The number of halogens is 2. The molecule has 1 aromatic carbocycles. The van der Waals surface area contributed by atoms with Gasteiger partial charge >= 0.3 is 6.08 Å². The molecule has 0 spiro atoms. The average Bonchev–Trinajstić information content (AvgIpc) is 3.23. The number of hydrogen-bond acceptors (Lipinski definition) is 7. The van der Waals surface area contributed by atoms with Crippen LogP contribution in [0.4, 0.5) is 10.2 Å². The van der Waals surface area contributed by atoms with Gasteiger partial charge in [0.1, 0.15) is 5.82 Å². The number of rotatable bonds is 6. The number of ether oxygens (including phenoxy) is 2. The number of benzene rings is 1. The van der Waals surface area contributed by atoms with E-state index in [1.54, 1.807) is 0 Å². The van der Waals surface area contributed by atoms with E-state index in [2.05, 4.69) is 63.6 Å². The highest BCUT2D eigenvalue weighted by molar-refractivity contribution is 14.1. The van der Waals surface area contributed by atoms with Crippen LogP contribution in [-0.2, 0) is 13.0 Å². The van der Waals surface area contributed by atoms with Crippen molar-refractivity contribution in [3.8, 4) is 11.5 Å². The summed E-state index contributed by atoms with van der Waals surface area (Å²) in [6.45, 7) is 8.03. The lowest BCUT2D eigenvalue weighted by Crippen LogP contribution is -2.36. The molecule has 0 atom stereocenters. The number of nitrogens with zero attached hydrogens (tertiary/aromatic N) is 4. The molecule has 1 aliphatic heterocycles. The second-order valence-electron chi connectivity index (χ2n) is 8.23. The third-order valence-electron chi connectivity index (χ3n) is 4.78. The average molecular weight is 526 g/mol. The standard InChI is InChI=1S/C20H24FIN6O2/c1-20(2,3)24-5-4-6-28-15(25-16-17(23)26-19(21)27-18(16)28)8-11-7-13-14(9-12(11)22)30-10-29-13/h7,9,24H,4-6,8,10H2,1-3H3,(H2,23,26,27). The van der Waals surface area contributed by atoms with Gasteiger partial charge in [0.05, 0.1) is 0 Å². The maximum absolute atomic E-state index is 13.9. The molecule has 0 unspecified atom stereocenters. The molecule has 1 aliphatic rings. The van der Waals surface area contributed by atoms with Gasteiger partial charge in [0, 0.05) is 22.1 Å². The first-order chi connectivity index (χ1) is 14.2. The van der Waals surface area contributed by atoms with Crippen LogP contribution in [0.3, 0.4) is 0 Å². The fourth-order valence-corrected chi connectivity index (χ4v) is 4.00. The lowest BCUT2D eigenvalue weighted by Gasteiger charge is -2.20. The minimum atomic E-state index is -0.849. The Morgan fingerprint density at radius 3 is 2.67 bits per heavy atom. The van der Waals surface area contributed by atoms with E-state index in [-0.39, 0.29) is 18.1 Å². The summed E-state index contributed by atoms with van der Waals surface area (Å²) in [5.41, 5.74) is 7.84. The minimum Gasteiger partial charge on any atom is -0.454 e. The fraction of sp³-hybridized carbons (Fsp3) is 0.450. The molecule has 10 heteroatoms. The molecule has 4 rings (SSSR count). The molecule has 0 fully saturated rings. The molecule has 0 bridgehead atoms. The second-order valence-corrected chi connectivity index (χ2v) is 9.40. The normalized spacial score (nSPS) is 13.4. The van der Waals surface area contributed by atoms with Gasteiger partial charge < -0.3 is 25.1 Å². The summed E-state index contributed by atoms with van der Waals surface area (Å²) in [6, 6.07) is 3.91. The highest BCUT2D eigenvalue weighted by Crippen LogP contribution is 2.36. The van der Waals surface area contributed by atoms with E-state index in [9.17, 15) is 4.39 Å². The fourth-order valence-electron chi connectivity index (χ4n) is 3.37. The van der Waals surface area contributed by atoms with Crippen molar-refractivity contribution >= 4 is 39.6 Å². The van der Waals surface area contributed by atoms with E-state index in [1.807, 2.05) is 16.7 Å². The van der Waals surface area contributed by atoms with Crippen LogP contribution in [0.1, 0.15) is 38.6 Å². The summed E-state index contributed by atoms with van der Waals surface area (Å²) in [5, 5.41) is 3.46. The Bertz CT molecular complexity index is 1100. The van der Waals surface area contributed by atoms with Crippen LogP contribution in [0.5, 0.6) is 11.5 Å². The third-order valence-corrected chi connectivity index (χ3v) is 5.78. The van der Waals surface area contributed by atoms with Crippen LogP contribution in [0, 0.1) is 9.65 Å². The number of aromatic nitrogens is 4. The van der Waals surface area contributed by atoms with Crippen molar-refractivity contribution in [1.82, 2.24) is 24.8 Å². The predicted molar refractivity (Wildman–Crippen MR) is 120 cm³/mol. The van der Waals surface area contributed by atoms with Gasteiger partial charge in [0.2, 0.25) is 6.79 Å². The maximum Gasteiger partial charge on any atom is 0.312 e. The summed E-state index contributed by atoms with van der Waals surface area (Å²) in [6.07, 6.45) is 0.511. The lowest BCUT2D eigenvalue weighted by atomic mass is 10.1. The number of fused-ring (bicyclic) bond motifs is 2. The Morgan fingerprint density at radius 2 is 1.93 bits per heavy atom. The summed E-state index contributed by atoms with van der Waals surface area (Å²) in [4.78, 5) is 12.3. The van der Waals surface area contributed by atoms with Gasteiger partial charge in [0.25, 0.3) is 0 Å². The van der Waals surface area contributed by atoms with Crippen molar-refractivity contribution in [2.45, 2.75) is 45.7 Å². The Labute approximate surface area is 187 Å². The van der Waals surface area contributed by atoms with Gasteiger partial charge in [-0.25, -0.2) is 4.98 Å². The molecule has 30 heavy (non-hydrogen) atoms. The molecule has 3 N–H and O–H groups in total. The van der Waals surface area contributed by atoms with Crippen molar-refractivity contribution in [1.29, 1.82) is 0 Å². The number of imidazole rings is 1. The van der Waals surface area contributed by atoms with Crippen LogP contribution >= 0.6 is 22.6 Å². The largest absolute Gasteiger partial charge is 0.454 e. The molecular formula is C20H24FIN6O2. The van der Waals surface area contributed by atoms with Gasteiger partial charge in [-0.05, 0) is 74.0 Å². The summed E-state index contributed by atoms with van der Waals surface area (Å²) in [5.74, 6) is 2.25. The highest BCUT2D eigenvalue weighted by Gasteiger charge is 2.21. The third kappa shape index (κ3) is 4.43. The quantitative estimate of drug-likeness (QED) is 0.289. The molecule has 0 radical (unpaired) electrons. The van der Waals surface area contributed by atoms with Crippen LogP contribution in [0.2, 0.25) is 0 Å². The monoisotopic (exact) mass is 526 g/mol. The predicted octanol–water partition coefficient (Wildman–Crippen LogP) is 3.25. The van der Waals surface area contributed by atoms with E-state index in [0.717, 1.165) is 33.7 Å². The van der Waals surface area contributed by atoms with Gasteiger partial charge in [-0.1, -0.05) is 0 Å². The SMILES string of the molecule is CC(C)(C)NCCCn1c(Cc2cc3c(cc2I)OCO3)nc2c(N)nc(F)nc21. The first-order valence-corrected chi connectivity index (χ1v) is 10.8. The zero-order valence-electron chi connectivity index (χ0n) is 17.1. The number of nitrogens with two attached hydrogens (primary N) is 1. The molecule has 3 heterocycles. The smallest absolute Gasteiger partial charge is 0.312 e. The van der Waals surface area contributed by atoms with Crippen LogP contribution in [0.25, 0.3) is 11.2 Å². The molecule has 160 valence electrons. The molecule has 0 saturated heterocycles. The number of anilines is 1. The first-order valence-electron chi connectivity index (χ1n) is 9.72. The van der Waals surface area contributed by atoms with E-state index >= 15 is 0 Å². The van der Waals surface area contributed by atoms with Crippen molar-refractivity contribution < 1.29 is 13.9 Å². The molecular weight excluding hydrogens is 502 g/mol. The van der Waals surface area contributed by atoms with Crippen LogP contribution in [0.15, 0.2) is 12.1 Å². The zero-order chi connectivity index (χ0) is 21.5. The zero-order valence-corrected chi connectivity index (χ0v) is 19.3. The molecule has 2 aromatic heterocycles. The van der Waals surface area contributed by atoms with Crippen LogP contribution < -0.4 is 20.5 Å². The van der Waals surface area contributed by atoms with Gasteiger partial charge in [-0.3, -0.25) is 0 Å². The number of hydrogen-bond donors (Lipinski definition) is 2. The molecule has 0 amide bonds. The summed E-state index contributed by atoms with van der Waals surface area (Å²) in [7, 11) is 0. The Morgan fingerprint density at radius 1 is 1.20 bits per heavy atom. The Kier molecular flexibility index (Phi) is 5.71. The number of nitrogens with one attached hydrogen (secondary N) is 1. The molecule has 8 nitrogen and oxygen atoms in total. The van der Waals surface area contributed by atoms with Gasteiger partial charge in [0.15, 0.2) is 28.5 Å².